The first-order chi connectivity index (χ1) is 12.2. The Morgan fingerprint density at radius 1 is 1.19 bits per heavy atom. The molecule has 0 amide bonds. The molecule has 26 heavy (non-hydrogen) atoms. The van der Waals surface area contributed by atoms with Gasteiger partial charge in [0, 0.05) is 23.1 Å². The molecule has 138 valence electrons. The lowest BCUT2D eigenvalue weighted by Gasteiger charge is -2.16. The molecule has 2 aromatic carbocycles. The lowest BCUT2D eigenvalue weighted by Crippen LogP contribution is -2.33. The van der Waals surface area contributed by atoms with E-state index in [-0.39, 0.29) is 16.5 Å². The van der Waals surface area contributed by atoms with Gasteiger partial charge >= 0.3 is 0 Å². The van der Waals surface area contributed by atoms with Gasteiger partial charge in [-0.1, -0.05) is 47.6 Å². The number of nitrogens with two attached hydrogens (primary N) is 1. The number of rotatable bonds is 6. The zero-order valence-electron chi connectivity index (χ0n) is 13.9. The predicted octanol–water partition coefficient (Wildman–Crippen LogP) is 3.85. The minimum atomic E-state index is -3.72. The molecule has 0 bridgehead atoms. The average Bonchev–Trinajstić information content (AvgIpc) is 3.27. The van der Waals surface area contributed by atoms with Gasteiger partial charge in [0.15, 0.2) is 9.84 Å². The topological polar surface area (TPSA) is 69.4 Å². The number of methoxy groups -OCH3 is 1. The molecule has 0 aromatic heterocycles. The van der Waals surface area contributed by atoms with Crippen molar-refractivity contribution < 1.29 is 13.2 Å². The Morgan fingerprint density at radius 3 is 2.38 bits per heavy atom. The third-order valence-electron chi connectivity index (χ3n) is 4.78. The van der Waals surface area contributed by atoms with E-state index in [9.17, 15) is 8.42 Å². The Morgan fingerprint density at radius 2 is 1.85 bits per heavy atom. The first kappa shape index (κ1) is 19.6. The summed E-state index contributed by atoms with van der Waals surface area (Å²) < 4.78 is 32.0. The van der Waals surface area contributed by atoms with Crippen LogP contribution in [0.1, 0.15) is 11.5 Å². The number of ether oxygens (including phenoxy) is 1. The SMILES string of the molecule is COCC1(C(N)=S)C(c2cccc(Cl)c2)C1S(=O)(=O)c1ccc(Cl)cc1. The van der Waals surface area contributed by atoms with Gasteiger partial charge in [-0.05, 0) is 42.0 Å². The van der Waals surface area contributed by atoms with E-state index in [1.54, 1.807) is 30.3 Å². The van der Waals surface area contributed by atoms with Crippen molar-refractivity contribution in [2.24, 2.45) is 11.1 Å². The van der Waals surface area contributed by atoms with Crippen LogP contribution in [-0.2, 0) is 14.6 Å². The Balaban J connectivity index is 2.13. The van der Waals surface area contributed by atoms with Gasteiger partial charge in [0.25, 0.3) is 0 Å². The van der Waals surface area contributed by atoms with Gasteiger partial charge in [-0.15, -0.1) is 0 Å². The number of thiocarbonyl (C=S) groups is 1. The van der Waals surface area contributed by atoms with Crippen molar-refractivity contribution in [1.82, 2.24) is 0 Å². The van der Waals surface area contributed by atoms with Crippen LogP contribution in [0.3, 0.4) is 0 Å². The fourth-order valence-electron chi connectivity index (χ4n) is 3.58. The molecule has 1 fully saturated rings. The standard InChI is InChI=1S/C18H17Cl2NO3S2/c1-24-10-18(17(21)25)15(11-3-2-4-13(20)9-11)16(18)26(22,23)14-7-5-12(19)6-8-14/h2-9,15-16H,10H2,1H3,(H2,21,25). The first-order valence-corrected chi connectivity index (χ1v) is 10.5. The van der Waals surface area contributed by atoms with E-state index in [2.05, 4.69) is 0 Å². The summed E-state index contributed by atoms with van der Waals surface area (Å²) >= 11 is 17.3. The third-order valence-corrected chi connectivity index (χ3v) is 7.94. The molecule has 1 saturated carbocycles. The fourth-order valence-corrected chi connectivity index (χ4v) is 6.68. The van der Waals surface area contributed by atoms with Crippen LogP contribution in [0.25, 0.3) is 0 Å². The van der Waals surface area contributed by atoms with E-state index in [1.807, 2.05) is 6.07 Å². The Hall–Kier alpha value is -1.18. The van der Waals surface area contributed by atoms with Crippen molar-refractivity contribution >= 4 is 50.2 Å². The summed E-state index contributed by atoms with van der Waals surface area (Å²) in [6.45, 7) is 0.108. The highest BCUT2D eigenvalue weighted by Crippen LogP contribution is 2.64. The summed E-state index contributed by atoms with van der Waals surface area (Å²) in [5.74, 6) is -0.431. The molecule has 0 aliphatic heterocycles. The molecule has 0 saturated heterocycles. The molecule has 2 N–H and O–H groups in total. The van der Waals surface area contributed by atoms with E-state index in [0.29, 0.717) is 10.0 Å². The van der Waals surface area contributed by atoms with Crippen LogP contribution in [0.5, 0.6) is 0 Å². The zero-order valence-corrected chi connectivity index (χ0v) is 17.0. The maximum absolute atomic E-state index is 13.3. The quantitative estimate of drug-likeness (QED) is 0.705. The summed E-state index contributed by atoms with van der Waals surface area (Å²) in [6.07, 6.45) is 0. The van der Waals surface area contributed by atoms with E-state index in [0.717, 1.165) is 5.56 Å². The molecular formula is C18H17Cl2NO3S2. The van der Waals surface area contributed by atoms with Crippen molar-refractivity contribution in [1.29, 1.82) is 0 Å². The molecule has 0 heterocycles. The van der Waals surface area contributed by atoms with Gasteiger partial charge in [-0.3, -0.25) is 0 Å². The summed E-state index contributed by atoms with van der Waals surface area (Å²) in [4.78, 5) is 0.292. The van der Waals surface area contributed by atoms with Crippen molar-refractivity contribution in [2.75, 3.05) is 13.7 Å². The smallest absolute Gasteiger partial charge is 0.182 e. The Kier molecular flexibility index (Phi) is 5.34. The van der Waals surface area contributed by atoms with Crippen LogP contribution < -0.4 is 5.73 Å². The molecule has 2 aromatic rings. The molecule has 1 aliphatic carbocycles. The summed E-state index contributed by atoms with van der Waals surface area (Å²) in [5.41, 5.74) is 5.80. The predicted molar refractivity (Wildman–Crippen MR) is 108 cm³/mol. The molecular weight excluding hydrogens is 413 g/mol. The van der Waals surface area contributed by atoms with Gasteiger partial charge in [0.05, 0.1) is 27.2 Å². The second kappa shape index (κ2) is 7.09. The fraction of sp³-hybridized carbons (Fsp3) is 0.278. The number of sulfone groups is 1. The second-order valence-electron chi connectivity index (χ2n) is 6.29. The van der Waals surface area contributed by atoms with Crippen molar-refractivity contribution in [3.8, 4) is 0 Å². The maximum Gasteiger partial charge on any atom is 0.182 e. The van der Waals surface area contributed by atoms with Crippen LogP contribution in [0.15, 0.2) is 53.4 Å². The second-order valence-corrected chi connectivity index (χ2v) is 9.67. The molecule has 4 nitrogen and oxygen atoms in total. The number of benzene rings is 2. The Bertz CT molecular complexity index is 947. The van der Waals surface area contributed by atoms with Gasteiger partial charge in [0.2, 0.25) is 0 Å². The Labute approximate surface area is 168 Å². The summed E-state index contributed by atoms with van der Waals surface area (Å²) in [5, 5.41) is 0.155. The van der Waals surface area contributed by atoms with Crippen LogP contribution in [-0.4, -0.2) is 32.4 Å². The highest BCUT2D eigenvalue weighted by Gasteiger charge is 2.73. The van der Waals surface area contributed by atoms with E-state index < -0.39 is 26.4 Å². The lowest BCUT2D eigenvalue weighted by atomic mass is 10.00. The molecule has 3 unspecified atom stereocenters. The number of hydrogen-bond donors (Lipinski definition) is 1. The van der Waals surface area contributed by atoms with Gasteiger partial charge in [0.1, 0.15) is 0 Å². The monoisotopic (exact) mass is 429 g/mol. The third kappa shape index (κ3) is 3.14. The summed E-state index contributed by atoms with van der Waals surface area (Å²) in [7, 11) is -2.22. The number of halogens is 2. The normalized spacial score (nSPS) is 25.0. The average molecular weight is 430 g/mol. The molecule has 0 spiro atoms. The van der Waals surface area contributed by atoms with E-state index in [1.165, 1.54) is 19.2 Å². The van der Waals surface area contributed by atoms with Crippen molar-refractivity contribution in [2.45, 2.75) is 16.1 Å². The molecule has 0 radical (unpaired) electrons. The number of hydrogen-bond acceptors (Lipinski definition) is 4. The lowest BCUT2D eigenvalue weighted by molar-refractivity contribution is 0.166. The highest BCUT2D eigenvalue weighted by atomic mass is 35.5. The van der Waals surface area contributed by atoms with Gasteiger partial charge in [-0.2, -0.15) is 0 Å². The van der Waals surface area contributed by atoms with E-state index in [4.69, 9.17) is 45.9 Å². The first-order valence-electron chi connectivity index (χ1n) is 7.79. The molecule has 1 aliphatic rings. The van der Waals surface area contributed by atoms with Crippen LogP contribution in [0, 0.1) is 5.41 Å². The largest absolute Gasteiger partial charge is 0.393 e. The highest BCUT2D eigenvalue weighted by molar-refractivity contribution is 7.92. The van der Waals surface area contributed by atoms with Crippen LogP contribution in [0.2, 0.25) is 10.0 Å². The van der Waals surface area contributed by atoms with E-state index >= 15 is 0 Å². The molecule has 3 atom stereocenters. The molecule has 3 rings (SSSR count). The summed E-state index contributed by atoms with van der Waals surface area (Å²) in [6, 6.07) is 13.1. The minimum absolute atomic E-state index is 0.108. The van der Waals surface area contributed by atoms with Crippen LogP contribution in [0.4, 0.5) is 0 Å². The van der Waals surface area contributed by atoms with Gasteiger partial charge in [-0.25, -0.2) is 8.42 Å². The molecule has 8 heteroatoms. The minimum Gasteiger partial charge on any atom is -0.393 e. The van der Waals surface area contributed by atoms with Crippen molar-refractivity contribution in [3.63, 3.8) is 0 Å². The maximum atomic E-state index is 13.3. The van der Waals surface area contributed by atoms with Crippen molar-refractivity contribution in [3.05, 3.63) is 64.1 Å². The zero-order chi connectivity index (χ0) is 19.1. The van der Waals surface area contributed by atoms with Gasteiger partial charge < -0.3 is 10.5 Å². The van der Waals surface area contributed by atoms with Crippen LogP contribution >= 0.6 is 35.4 Å².